The number of nitrogens with zero attached hydrogens (tertiary/aromatic N) is 1. The summed E-state index contributed by atoms with van der Waals surface area (Å²) in [4.78, 5) is 79.3. The SMILES string of the molecule is CC1=CC2/C=C(C)/C=C/C[C@@H](OC(=O)CCC(=O)NCCCCCCNC(=O)Cc3cc(=O)oc4cc(N(C)C)ccc34)/C=C3/C=CC(=C4C(=O)O[C@]2(CC1C)C4=O)OC3. The van der Waals surface area contributed by atoms with Crippen molar-refractivity contribution < 1.29 is 42.6 Å². The number of hydrogen-bond acceptors (Lipinski definition) is 11. The van der Waals surface area contributed by atoms with Gasteiger partial charge in [-0.15, -0.1) is 0 Å². The molecule has 3 aliphatic heterocycles. The molecule has 4 heterocycles. The van der Waals surface area contributed by atoms with E-state index in [1.807, 2.05) is 76.2 Å². The van der Waals surface area contributed by atoms with E-state index < -0.39 is 35.2 Å². The first-order chi connectivity index (χ1) is 28.7. The summed E-state index contributed by atoms with van der Waals surface area (Å²) in [6.45, 7) is 6.99. The number of amides is 2. The molecule has 0 radical (unpaired) electrons. The van der Waals surface area contributed by atoms with Crippen LogP contribution in [0.2, 0.25) is 0 Å². The molecule has 5 aliphatic rings. The lowest BCUT2D eigenvalue weighted by Gasteiger charge is -2.38. The van der Waals surface area contributed by atoms with Crippen molar-refractivity contribution in [1.82, 2.24) is 10.6 Å². The fourth-order valence-corrected chi connectivity index (χ4v) is 7.93. The molecule has 2 amide bonds. The third-order valence-corrected chi connectivity index (χ3v) is 11.4. The van der Waals surface area contributed by atoms with Crippen LogP contribution in [0.15, 0.2) is 104 Å². The molecule has 13 heteroatoms. The van der Waals surface area contributed by atoms with Crippen LogP contribution in [0, 0.1) is 11.8 Å². The lowest BCUT2D eigenvalue weighted by atomic mass is 9.69. The average molecular weight is 822 g/mol. The lowest BCUT2D eigenvalue weighted by Crippen LogP contribution is -2.47. The van der Waals surface area contributed by atoms with Gasteiger partial charge in [0, 0.05) is 75.6 Å². The van der Waals surface area contributed by atoms with Gasteiger partial charge in [-0.05, 0) is 68.0 Å². The number of allylic oxidation sites excluding steroid dienone is 4. The Morgan fingerprint density at radius 3 is 2.37 bits per heavy atom. The van der Waals surface area contributed by atoms with E-state index in [-0.39, 0.29) is 60.7 Å². The van der Waals surface area contributed by atoms with Crippen LogP contribution in [0.1, 0.15) is 77.7 Å². The van der Waals surface area contributed by atoms with Gasteiger partial charge in [-0.25, -0.2) is 9.59 Å². The largest absolute Gasteiger partial charge is 0.488 e. The maximum atomic E-state index is 14.0. The van der Waals surface area contributed by atoms with E-state index in [4.69, 9.17) is 18.6 Å². The lowest BCUT2D eigenvalue weighted by molar-refractivity contribution is -0.156. The highest BCUT2D eigenvalue weighted by molar-refractivity contribution is 6.26. The minimum atomic E-state index is -1.34. The summed E-state index contributed by atoms with van der Waals surface area (Å²) in [6.07, 6.45) is 16.2. The minimum absolute atomic E-state index is 0.0138. The van der Waals surface area contributed by atoms with Gasteiger partial charge in [-0.3, -0.25) is 19.2 Å². The number of unbranched alkanes of at least 4 members (excludes halogenated alkanes) is 3. The molecule has 1 aromatic carbocycles. The summed E-state index contributed by atoms with van der Waals surface area (Å²) in [5.74, 6) is -2.23. The van der Waals surface area contributed by atoms with Gasteiger partial charge in [-0.2, -0.15) is 0 Å². The highest BCUT2D eigenvalue weighted by atomic mass is 16.6. The normalized spacial score (nSPS) is 24.7. The zero-order valence-electron chi connectivity index (χ0n) is 35.1. The van der Waals surface area contributed by atoms with Crippen LogP contribution in [0.25, 0.3) is 11.0 Å². The summed E-state index contributed by atoms with van der Waals surface area (Å²) >= 11 is 0. The molecule has 4 bridgehead atoms. The van der Waals surface area contributed by atoms with Crippen LogP contribution in [-0.2, 0) is 44.6 Å². The number of ketones is 1. The molecule has 1 fully saturated rings. The van der Waals surface area contributed by atoms with E-state index in [2.05, 4.69) is 10.6 Å². The van der Waals surface area contributed by atoms with E-state index in [0.29, 0.717) is 42.7 Å². The number of anilines is 1. The number of rotatable bonds is 14. The van der Waals surface area contributed by atoms with Gasteiger partial charge in [0.15, 0.2) is 5.60 Å². The second-order valence-corrected chi connectivity index (χ2v) is 16.3. The van der Waals surface area contributed by atoms with Gasteiger partial charge in [0.25, 0.3) is 0 Å². The van der Waals surface area contributed by atoms with Crippen molar-refractivity contribution in [2.75, 3.05) is 38.7 Å². The molecule has 4 atom stereocenters. The summed E-state index contributed by atoms with van der Waals surface area (Å²) in [6, 6.07) is 6.92. The topological polar surface area (TPSA) is 171 Å². The van der Waals surface area contributed by atoms with Crippen LogP contribution < -0.4 is 21.2 Å². The van der Waals surface area contributed by atoms with Crippen molar-refractivity contribution in [3.05, 3.63) is 111 Å². The Morgan fingerprint density at radius 1 is 0.900 bits per heavy atom. The van der Waals surface area contributed by atoms with Gasteiger partial charge in [0.05, 0.1) is 12.8 Å². The molecule has 60 heavy (non-hydrogen) atoms. The Morgan fingerprint density at radius 2 is 1.65 bits per heavy atom. The summed E-state index contributed by atoms with van der Waals surface area (Å²) in [5, 5.41) is 6.52. The molecule has 2 N–H and O–H groups in total. The molecule has 7 rings (SSSR count). The molecular formula is C47H55N3O10. The molecule has 0 saturated carbocycles. The zero-order chi connectivity index (χ0) is 43.0. The third-order valence-electron chi connectivity index (χ3n) is 11.4. The van der Waals surface area contributed by atoms with E-state index in [1.165, 1.54) is 6.07 Å². The van der Waals surface area contributed by atoms with E-state index in [9.17, 15) is 28.8 Å². The number of carbonyl (C=O) groups is 5. The van der Waals surface area contributed by atoms with Crippen LogP contribution in [0.5, 0.6) is 0 Å². The quantitative estimate of drug-likeness (QED) is 0.0751. The fourth-order valence-electron chi connectivity index (χ4n) is 7.93. The highest BCUT2D eigenvalue weighted by Crippen LogP contribution is 2.47. The number of hydrogen-bond donors (Lipinski definition) is 2. The number of ether oxygens (including phenoxy) is 3. The van der Waals surface area contributed by atoms with Crippen molar-refractivity contribution in [2.45, 2.75) is 90.3 Å². The van der Waals surface area contributed by atoms with Crippen LogP contribution in [-0.4, -0.2) is 75.0 Å². The van der Waals surface area contributed by atoms with Crippen molar-refractivity contribution >= 4 is 46.2 Å². The van der Waals surface area contributed by atoms with Crippen molar-refractivity contribution in [1.29, 1.82) is 0 Å². The summed E-state index contributed by atoms with van der Waals surface area (Å²) in [5.41, 5.74) is 2.73. The fraction of sp³-hybridized carbons (Fsp3) is 0.447. The van der Waals surface area contributed by atoms with Gasteiger partial charge < -0.3 is 34.2 Å². The van der Waals surface area contributed by atoms with Crippen LogP contribution in [0.4, 0.5) is 5.69 Å². The maximum Gasteiger partial charge on any atom is 0.346 e. The van der Waals surface area contributed by atoms with Gasteiger partial charge in [0.2, 0.25) is 17.6 Å². The van der Waals surface area contributed by atoms with Gasteiger partial charge in [-0.1, -0.05) is 61.3 Å². The van der Waals surface area contributed by atoms with Crippen LogP contribution in [0.3, 0.4) is 0 Å². The van der Waals surface area contributed by atoms with Gasteiger partial charge in [0.1, 0.15) is 29.6 Å². The third kappa shape index (κ3) is 10.6. The predicted octanol–water partition coefficient (Wildman–Crippen LogP) is 6.03. The van der Waals surface area contributed by atoms with Crippen LogP contribution >= 0.6 is 0 Å². The molecule has 2 unspecified atom stereocenters. The Kier molecular flexibility index (Phi) is 14.1. The summed E-state index contributed by atoms with van der Waals surface area (Å²) < 4.78 is 23.0. The first-order valence-electron chi connectivity index (χ1n) is 20.8. The number of fused-ring (bicyclic) bond motifs is 6. The second-order valence-electron chi connectivity index (χ2n) is 16.3. The standard InChI is InChI=1S/C47H55N3O10/c1-29-11-10-12-36(23-32-13-16-38(57-28-32)44-45(55)47(60-46(44)56)27-31(3)30(2)22-34(47)21-29)58-42(53)18-17-40(51)48-19-8-6-7-9-20-49-41(52)24-33-25-43(54)59-39-26-35(50(4)5)14-15-37(33)39/h10-11,13-16,21-23,25-26,31,34,36H,6-9,12,17-20,24,27-28H2,1-5H3,(H,48,51)(H,49,52)/b11-10+,29-21+,32-23-,44-38?/t31?,34?,36-,47+/m1/s1. The number of carbonyl (C=O) groups excluding carboxylic acids is 5. The Hall–Kier alpha value is -5.98. The molecule has 1 saturated heterocycles. The molecule has 13 nitrogen and oxygen atoms in total. The molecular weight excluding hydrogens is 767 g/mol. The Bertz CT molecular complexity index is 2270. The molecule has 2 aliphatic carbocycles. The first kappa shape index (κ1) is 43.6. The summed E-state index contributed by atoms with van der Waals surface area (Å²) in [7, 11) is 3.80. The number of esters is 2. The van der Waals surface area contributed by atoms with E-state index in [1.54, 1.807) is 24.3 Å². The zero-order valence-corrected chi connectivity index (χ0v) is 35.1. The molecule has 318 valence electrons. The highest BCUT2D eigenvalue weighted by Gasteiger charge is 2.59. The molecule has 1 aromatic heterocycles. The number of nitrogens with one attached hydrogen (secondary N) is 2. The monoisotopic (exact) mass is 821 g/mol. The van der Waals surface area contributed by atoms with Crippen molar-refractivity contribution in [3.8, 4) is 0 Å². The predicted molar refractivity (Wildman–Crippen MR) is 227 cm³/mol. The maximum absolute atomic E-state index is 14.0. The molecule has 1 spiro atoms. The van der Waals surface area contributed by atoms with E-state index in [0.717, 1.165) is 47.9 Å². The minimum Gasteiger partial charge on any atom is -0.488 e. The molecule has 2 aromatic rings. The smallest absolute Gasteiger partial charge is 0.346 e. The van der Waals surface area contributed by atoms with Crippen molar-refractivity contribution in [2.24, 2.45) is 11.8 Å². The Labute approximate surface area is 350 Å². The van der Waals surface area contributed by atoms with Crippen molar-refractivity contribution in [3.63, 3.8) is 0 Å². The second kappa shape index (κ2) is 19.4. The average Bonchev–Trinajstić information content (AvgIpc) is 3.44. The van der Waals surface area contributed by atoms with E-state index >= 15 is 0 Å². The first-order valence-corrected chi connectivity index (χ1v) is 20.8. The Balaban J connectivity index is 0.929. The van der Waals surface area contributed by atoms with Gasteiger partial charge >= 0.3 is 17.6 Å². The number of Topliss-reactive ketones (excluding diaryl/α,β-unsaturated/α-hetero) is 1. The number of benzene rings is 1.